The van der Waals surface area contributed by atoms with Crippen LogP contribution in [-0.4, -0.2) is 39.6 Å². The zero-order valence-electron chi connectivity index (χ0n) is 11.7. The van der Waals surface area contributed by atoms with Crippen molar-refractivity contribution < 1.29 is 4.79 Å². The first kappa shape index (κ1) is 12.7. The molecule has 0 saturated heterocycles. The number of fused-ring (bicyclic) bond motifs is 3. The van der Waals surface area contributed by atoms with E-state index in [9.17, 15) is 4.79 Å². The molecule has 4 rings (SSSR count). The van der Waals surface area contributed by atoms with E-state index in [1.807, 2.05) is 11.0 Å². The van der Waals surface area contributed by atoms with Crippen LogP contribution in [0.25, 0.3) is 0 Å². The van der Waals surface area contributed by atoms with Crippen LogP contribution in [0, 0.1) is 0 Å². The predicted molar refractivity (Wildman–Crippen MR) is 82.6 cm³/mol. The van der Waals surface area contributed by atoms with Crippen LogP contribution in [0.1, 0.15) is 15.9 Å². The summed E-state index contributed by atoms with van der Waals surface area (Å²) in [7, 11) is 0. The Labute approximate surface area is 127 Å². The predicted octanol–water partition coefficient (Wildman–Crippen LogP) is 1.69. The fraction of sp³-hybridized carbons (Fsp3) is 0.125. The standard InChI is InChI=1S/C16H13N5O/c22-14(11-2-1-4-17-9-11)8-15-20-13-3-5-18-10-12(13)16-19-6-7-21(15)16/h1-5,8-10,20H,6-7H2/b15-8+. The van der Waals surface area contributed by atoms with Gasteiger partial charge in [0, 0.05) is 43.0 Å². The van der Waals surface area contributed by atoms with Gasteiger partial charge in [0.25, 0.3) is 0 Å². The second kappa shape index (κ2) is 5.07. The number of hydrogen-bond donors (Lipinski definition) is 1. The van der Waals surface area contributed by atoms with Gasteiger partial charge in [-0.1, -0.05) is 0 Å². The van der Waals surface area contributed by atoms with Gasteiger partial charge in [-0.3, -0.25) is 19.8 Å². The molecule has 4 heterocycles. The van der Waals surface area contributed by atoms with Crippen LogP contribution in [0.4, 0.5) is 5.69 Å². The third-order valence-corrected chi connectivity index (χ3v) is 3.67. The highest BCUT2D eigenvalue weighted by atomic mass is 16.1. The number of ketones is 1. The lowest BCUT2D eigenvalue weighted by Gasteiger charge is -2.30. The van der Waals surface area contributed by atoms with Gasteiger partial charge < -0.3 is 10.2 Å². The summed E-state index contributed by atoms with van der Waals surface area (Å²) in [4.78, 5) is 27.1. The average molecular weight is 291 g/mol. The Hall–Kier alpha value is -3.02. The van der Waals surface area contributed by atoms with Gasteiger partial charge in [0.1, 0.15) is 11.7 Å². The molecular formula is C16H13N5O. The highest BCUT2D eigenvalue weighted by molar-refractivity contribution is 6.10. The monoisotopic (exact) mass is 291 g/mol. The number of anilines is 1. The van der Waals surface area contributed by atoms with E-state index >= 15 is 0 Å². The molecule has 0 fully saturated rings. The number of pyridine rings is 2. The fourth-order valence-corrected chi connectivity index (χ4v) is 2.63. The van der Waals surface area contributed by atoms with E-state index < -0.39 is 0 Å². The summed E-state index contributed by atoms with van der Waals surface area (Å²) in [5.41, 5.74) is 2.44. The van der Waals surface area contributed by atoms with Crippen molar-refractivity contribution >= 4 is 17.3 Å². The summed E-state index contributed by atoms with van der Waals surface area (Å²) in [6, 6.07) is 5.39. The molecule has 22 heavy (non-hydrogen) atoms. The molecule has 2 aromatic heterocycles. The number of nitrogens with one attached hydrogen (secondary N) is 1. The molecule has 1 N–H and O–H groups in total. The molecule has 6 heteroatoms. The number of amidine groups is 1. The Kier molecular flexibility index (Phi) is 2.93. The van der Waals surface area contributed by atoms with Gasteiger partial charge in [0.2, 0.25) is 0 Å². The van der Waals surface area contributed by atoms with Crippen LogP contribution in [0.15, 0.2) is 59.9 Å². The number of carbonyl (C=O) groups is 1. The summed E-state index contributed by atoms with van der Waals surface area (Å²) >= 11 is 0. The number of carbonyl (C=O) groups excluding carboxylic acids is 1. The zero-order chi connectivity index (χ0) is 14.9. The van der Waals surface area contributed by atoms with Crippen LogP contribution in [-0.2, 0) is 0 Å². The first-order valence-corrected chi connectivity index (χ1v) is 7.02. The summed E-state index contributed by atoms with van der Waals surface area (Å²) in [5, 5.41) is 3.29. The largest absolute Gasteiger partial charge is 0.341 e. The molecule has 6 nitrogen and oxygen atoms in total. The molecule has 0 bridgehead atoms. The van der Waals surface area contributed by atoms with Crippen molar-refractivity contribution in [3.63, 3.8) is 0 Å². The van der Waals surface area contributed by atoms with E-state index in [1.54, 1.807) is 43.0 Å². The summed E-state index contributed by atoms with van der Waals surface area (Å²) in [6.07, 6.45) is 8.33. The molecule has 0 saturated carbocycles. The minimum absolute atomic E-state index is 0.0839. The van der Waals surface area contributed by atoms with Crippen molar-refractivity contribution in [3.05, 3.63) is 66.0 Å². The second-order valence-electron chi connectivity index (χ2n) is 5.04. The highest BCUT2D eigenvalue weighted by Crippen LogP contribution is 2.29. The Morgan fingerprint density at radius 2 is 2.14 bits per heavy atom. The number of hydrogen-bond acceptors (Lipinski definition) is 6. The van der Waals surface area contributed by atoms with Crippen LogP contribution >= 0.6 is 0 Å². The van der Waals surface area contributed by atoms with Gasteiger partial charge in [0.05, 0.1) is 17.8 Å². The number of allylic oxidation sites excluding steroid dienone is 1. The molecule has 0 aliphatic carbocycles. The van der Waals surface area contributed by atoms with Crippen LogP contribution in [0.5, 0.6) is 0 Å². The van der Waals surface area contributed by atoms with Gasteiger partial charge >= 0.3 is 0 Å². The molecule has 2 aromatic rings. The van der Waals surface area contributed by atoms with Gasteiger partial charge in [-0.25, -0.2) is 0 Å². The molecule has 108 valence electrons. The van der Waals surface area contributed by atoms with Crippen molar-refractivity contribution in [1.29, 1.82) is 0 Å². The van der Waals surface area contributed by atoms with E-state index in [0.717, 1.165) is 29.5 Å². The van der Waals surface area contributed by atoms with Gasteiger partial charge in [-0.15, -0.1) is 0 Å². The molecule has 2 aliphatic rings. The Morgan fingerprint density at radius 1 is 1.23 bits per heavy atom. The van der Waals surface area contributed by atoms with E-state index in [4.69, 9.17) is 0 Å². The molecule has 0 aromatic carbocycles. The quantitative estimate of drug-likeness (QED) is 0.673. The third kappa shape index (κ3) is 2.05. The molecule has 2 aliphatic heterocycles. The average Bonchev–Trinajstić information content (AvgIpc) is 3.06. The Morgan fingerprint density at radius 3 is 3.00 bits per heavy atom. The van der Waals surface area contributed by atoms with Crippen molar-refractivity contribution in [3.8, 4) is 0 Å². The van der Waals surface area contributed by atoms with Gasteiger partial charge in [-0.05, 0) is 18.2 Å². The van der Waals surface area contributed by atoms with E-state index in [-0.39, 0.29) is 5.78 Å². The molecule has 0 atom stereocenters. The molecule has 0 spiro atoms. The number of aliphatic imine (C=N–C) groups is 1. The zero-order valence-corrected chi connectivity index (χ0v) is 11.7. The number of aromatic nitrogens is 2. The van der Waals surface area contributed by atoms with Crippen molar-refractivity contribution in [1.82, 2.24) is 14.9 Å². The molecule has 0 radical (unpaired) electrons. The molecule has 0 unspecified atom stereocenters. The van der Waals surface area contributed by atoms with Crippen molar-refractivity contribution in [2.45, 2.75) is 0 Å². The molecule has 0 amide bonds. The lowest BCUT2D eigenvalue weighted by Crippen LogP contribution is -2.36. The van der Waals surface area contributed by atoms with E-state index in [1.165, 1.54) is 0 Å². The van der Waals surface area contributed by atoms with Crippen molar-refractivity contribution in [2.75, 3.05) is 18.4 Å². The fourth-order valence-electron chi connectivity index (χ4n) is 2.63. The van der Waals surface area contributed by atoms with Crippen LogP contribution in [0.3, 0.4) is 0 Å². The van der Waals surface area contributed by atoms with Crippen LogP contribution < -0.4 is 5.32 Å². The van der Waals surface area contributed by atoms with Gasteiger partial charge in [-0.2, -0.15) is 0 Å². The van der Waals surface area contributed by atoms with Crippen molar-refractivity contribution in [2.24, 2.45) is 4.99 Å². The second-order valence-corrected chi connectivity index (χ2v) is 5.04. The normalized spacial score (nSPS) is 17.5. The maximum absolute atomic E-state index is 12.4. The van der Waals surface area contributed by atoms with Crippen LogP contribution in [0.2, 0.25) is 0 Å². The Bertz CT molecular complexity index is 797. The number of rotatable bonds is 2. The minimum Gasteiger partial charge on any atom is -0.341 e. The topological polar surface area (TPSA) is 70.5 Å². The van der Waals surface area contributed by atoms with Gasteiger partial charge in [0.15, 0.2) is 5.78 Å². The third-order valence-electron chi connectivity index (χ3n) is 3.67. The lowest BCUT2D eigenvalue weighted by molar-refractivity contribution is 0.104. The summed E-state index contributed by atoms with van der Waals surface area (Å²) in [5.74, 6) is 1.52. The first-order chi connectivity index (χ1) is 10.8. The SMILES string of the molecule is O=C(/C=C1\Nc2ccncc2C2=NCCN21)c1cccnc1. The highest BCUT2D eigenvalue weighted by Gasteiger charge is 2.29. The van der Waals surface area contributed by atoms with E-state index in [2.05, 4.69) is 20.3 Å². The Balaban J connectivity index is 1.73. The van der Waals surface area contributed by atoms with E-state index in [0.29, 0.717) is 12.1 Å². The summed E-state index contributed by atoms with van der Waals surface area (Å²) in [6.45, 7) is 1.46. The summed E-state index contributed by atoms with van der Waals surface area (Å²) < 4.78 is 0. The maximum Gasteiger partial charge on any atom is 0.191 e. The molecular weight excluding hydrogens is 278 g/mol. The first-order valence-electron chi connectivity index (χ1n) is 7.02. The minimum atomic E-state index is -0.0839. The number of nitrogens with zero attached hydrogens (tertiary/aromatic N) is 4. The maximum atomic E-state index is 12.4. The smallest absolute Gasteiger partial charge is 0.191 e. The lowest BCUT2D eigenvalue weighted by atomic mass is 10.1.